The van der Waals surface area contributed by atoms with Crippen LogP contribution in [0.4, 0.5) is 4.39 Å². The number of rotatable bonds is 3. The lowest BCUT2D eigenvalue weighted by atomic mass is 9.87. The molecule has 0 unspecified atom stereocenters. The van der Waals surface area contributed by atoms with Crippen LogP contribution in [-0.4, -0.2) is 30.2 Å². The molecule has 2 N–H and O–H groups in total. The van der Waals surface area contributed by atoms with Crippen molar-refractivity contribution in [3.8, 4) is 0 Å². The van der Waals surface area contributed by atoms with Gasteiger partial charge in [0.05, 0.1) is 0 Å². The molecular weight excluding hydrogens is 203 g/mol. The third kappa shape index (κ3) is 2.29. The summed E-state index contributed by atoms with van der Waals surface area (Å²) < 4.78 is 13.9. The second-order valence-electron chi connectivity index (χ2n) is 5.71. The average molecular weight is 226 g/mol. The Morgan fingerprint density at radius 1 is 1.25 bits per heavy atom. The molecule has 92 valence electrons. The molecule has 1 aliphatic rings. The molecule has 1 aliphatic carbocycles. The average Bonchev–Trinajstić information content (AvgIpc) is 2.46. The van der Waals surface area contributed by atoms with Gasteiger partial charge in [-0.25, -0.2) is 4.39 Å². The molecule has 0 heterocycles. The standard InChI is InChI=1S/C13H23FN2/c1-12(2,14)9-7-10(11(15)8-9)13(3,4)16(5)6/h8H,7,15H2,1-6H3. The van der Waals surface area contributed by atoms with E-state index in [0.717, 1.165) is 16.8 Å². The summed E-state index contributed by atoms with van der Waals surface area (Å²) in [6, 6.07) is 0. The first kappa shape index (κ1) is 13.2. The Balaban J connectivity index is 2.97. The number of allylic oxidation sites excluding steroid dienone is 2. The van der Waals surface area contributed by atoms with Crippen molar-refractivity contribution in [2.45, 2.75) is 45.3 Å². The topological polar surface area (TPSA) is 29.3 Å². The zero-order valence-corrected chi connectivity index (χ0v) is 11.2. The first-order chi connectivity index (χ1) is 7.06. The molecule has 0 bridgehead atoms. The fourth-order valence-corrected chi connectivity index (χ4v) is 1.84. The molecule has 16 heavy (non-hydrogen) atoms. The third-order valence-electron chi connectivity index (χ3n) is 3.67. The van der Waals surface area contributed by atoms with E-state index < -0.39 is 5.67 Å². The van der Waals surface area contributed by atoms with Crippen LogP contribution in [0.3, 0.4) is 0 Å². The summed E-state index contributed by atoms with van der Waals surface area (Å²) in [4.78, 5) is 2.11. The molecule has 0 saturated heterocycles. The summed E-state index contributed by atoms with van der Waals surface area (Å²) in [6.07, 6.45) is 2.43. The van der Waals surface area contributed by atoms with Gasteiger partial charge in [-0.1, -0.05) is 0 Å². The van der Waals surface area contributed by atoms with Gasteiger partial charge in [-0.2, -0.15) is 0 Å². The Morgan fingerprint density at radius 2 is 1.75 bits per heavy atom. The van der Waals surface area contributed by atoms with E-state index in [-0.39, 0.29) is 5.54 Å². The van der Waals surface area contributed by atoms with E-state index in [2.05, 4.69) is 18.7 Å². The third-order valence-corrected chi connectivity index (χ3v) is 3.67. The Kier molecular flexibility index (Phi) is 3.21. The molecular formula is C13H23FN2. The lowest BCUT2D eigenvalue weighted by Gasteiger charge is -2.35. The Hall–Kier alpha value is -0.830. The zero-order valence-electron chi connectivity index (χ0n) is 11.2. The molecule has 0 aromatic carbocycles. The van der Waals surface area contributed by atoms with E-state index in [0.29, 0.717) is 6.42 Å². The SMILES string of the molecule is CN(C)C(C)(C)C1=C(N)C=C(C(C)(C)F)C1. The molecule has 0 amide bonds. The van der Waals surface area contributed by atoms with Gasteiger partial charge in [0.1, 0.15) is 5.67 Å². The van der Waals surface area contributed by atoms with Gasteiger partial charge >= 0.3 is 0 Å². The van der Waals surface area contributed by atoms with Crippen LogP contribution >= 0.6 is 0 Å². The minimum atomic E-state index is -1.28. The van der Waals surface area contributed by atoms with Gasteiger partial charge in [0.2, 0.25) is 0 Å². The van der Waals surface area contributed by atoms with E-state index in [4.69, 9.17) is 5.73 Å². The highest BCUT2D eigenvalue weighted by Gasteiger charge is 2.35. The van der Waals surface area contributed by atoms with E-state index in [1.807, 2.05) is 14.1 Å². The van der Waals surface area contributed by atoms with Crippen LogP contribution in [-0.2, 0) is 0 Å². The second-order valence-corrected chi connectivity index (χ2v) is 5.71. The highest BCUT2D eigenvalue weighted by atomic mass is 19.1. The van der Waals surface area contributed by atoms with Crippen molar-refractivity contribution in [1.82, 2.24) is 4.90 Å². The monoisotopic (exact) mass is 226 g/mol. The van der Waals surface area contributed by atoms with Gasteiger partial charge in [0.25, 0.3) is 0 Å². The van der Waals surface area contributed by atoms with Crippen LogP contribution < -0.4 is 5.73 Å². The molecule has 0 fully saturated rings. The van der Waals surface area contributed by atoms with Gasteiger partial charge in [0.15, 0.2) is 0 Å². The summed E-state index contributed by atoms with van der Waals surface area (Å²) >= 11 is 0. The molecule has 0 aromatic heterocycles. The van der Waals surface area contributed by atoms with Crippen molar-refractivity contribution in [2.24, 2.45) is 5.73 Å². The lowest BCUT2D eigenvalue weighted by molar-refractivity contribution is 0.227. The normalized spacial score (nSPS) is 18.4. The minimum Gasteiger partial charge on any atom is -0.399 e. The van der Waals surface area contributed by atoms with Crippen molar-refractivity contribution in [2.75, 3.05) is 14.1 Å². The van der Waals surface area contributed by atoms with Crippen LogP contribution in [0.2, 0.25) is 0 Å². The maximum absolute atomic E-state index is 13.9. The Morgan fingerprint density at radius 3 is 2.06 bits per heavy atom. The van der Waals surface area contributed by atoms with Crippen LogP contribution in [0, 0.1) is 0 Å². The second kappa shape index (κ2) is 3.88. The Labute approximate surface area is 98.0 Å². The summed E-state index contributed by atoms with van der Waals surface area (Å²) in [5, 5.41) is 0. The minimum absolute atomic E-state index is 0.131. The summed E-state index contributed by atoms with van der Waals surface area (Å²) in [7, 11) is 4.03. The van der Waals surface area contributed by atoms with Crippen molar-refractivity contribution < 1.29 is 4.39 Å². The molecule has 0 atom stereocenters. The molecule has 0 aromatic rings. The van der Waals surface area contributed by atoms with E-state index in [9.17, 15) is 4.39 Å². The predicted molar refractivity (Wildman–Crippen MR) is 66.9 cm³/mol. The predicted octanol–water partition coefficient (Wildman–Crippen LogP) is 2.62. The highest BCUT2D eigenvalue weighted by molar-refractivity contribution is 5.44. The van der Waals surface area contributed by atoms with Gasteiger partial charge in [-0.3, -0.25) is 0 Å². The van der Waals surface area contributed by atoms with Crippen molar-refractivity contribution in [1.29, 1.82) is 0 Å². The van der Waals surface area contributed by atoms with Crippen LogP contribution in [0.25, 0.3) is 0 Å². The van der Waals surface area contributed by atoms with Gasteiger partial charge in [-0.05, 0) is 65.4 Å². The van der Waals surface area contributed by atoms with Crippen molar-refractivity contribution in [3.05, 3.63) is 22.9 Å². The molecule has 0 aliphatic heterocycles. The summed E-state index contributed by atoms with van der Waals surface area (Å²) in [6.45, 7) is 7.38. The number of likely N-dealkylation sites (N-methyl/N-ethyl adjacent to an activating group) is 1. The van der Waals surface area contributed by atoms with Gasteiger partial charge < -0.3 is 10.6 Å². The quantitative estimate of drug-likeness (QED) is 0.801. The number of halogens is 1. The highest BCUT2D eigenvalue weighted by Crippen LogP contribution is 2.39. The molecule has 2 nitrogen and oxygen atoms in total. The van der Waals surface area contributed by atoms with Crippen LogP contribution in [0.1, 0.15) is 34.1 Å². The number of hydrogen-bond donors (Lipinski definition) is 1. The molecule has 0 saturated carbocycles. The molecule has 0 spiro atoms. The fraction of sp³-hybridized carbons (Fsp3) is 0.692. The van der Waals surface area contributed by atoms with Crippen molar-refractivity contribution >= 4 is 0 Å². The van der Waals surface area contributed by atoms with E-state index in [1.54, 1.807) is 19.9 Å². The maximum Gasteiger partial charge on any atom is 0.127 e. The number of nitrogens with zero attached hydrogens (tertiary/aromatic N) is 1. The van der Waals surface area contributed by atoms with Crippen LogP contribution in [0.15, 0.2) is 22.9 Å². The van der Waals surface area contributed by atoms with Crippen molar-refractivity contribution in [3.63, 3.8) is 0 Å². The first-order valence-corrected chi connectivity index (χ1v) is 5.63. The van der Waals surface area contributed by atoms with E-state index in [1.165, 1.54) is 0 Å². The Bertz CT molecular complexity index is 343. The summed E-state index contributed by atoms with van der Waals surface area (Å²) in [5.74, 6) is 0. The molecule has 1 rings (SSSR count). The summed E-state index contributed by atoms with van der Waals surface area (Å²) in [5.41, 5.74) is 7.19. The number of nitrogens with two attached hydrogens (primary N) is 1. The first-order valence-electron chi connectivity index (χ1n) is 5.63. The fourth-order valence-electron chi connectivity index (χ4n) is 1.84. The number of alkyl halides is 1. The zero-order chi connectivity index (χ0) is 12.7. The van der Waals surface area contributed by atoms with Gasteiger partial charge in [0, 0.05) is 11.2 Å². The van der Waals surface area contributed by atoms with E-state index >= 15 is 0 Å². The molecule has 3 heteroatoms. The smallest absolute Gasteiger partial charge is 0.127 e. The number of hydrogen-bond acceptors (Lipinski definition) is 2. The largest absolute Gasteiger partial charge is 0.399 e. The maximum atomic E-state index is 13.9. The molecule has 0 radical (unpaired) electrons. The lowest BCUT2D eigenvalue weighted by Crippen LogP contribution is -2.40. The van der Waals surface area contributed by atoms with Gasteiger partial charge in [-0.15, -0.1) is 0 Å². The van der Waals surface area contributed by atoms with Crippen LogP contribution in [0.5, 0.6) is 0 Å².